The van der Waals surface area contributed by atoms with Crippen molar-refractivity contribution in [2.24, 2.45) is 0 Å². The molecule has 0 spiro atoms. The standard InChI is InChI=1S/C17H14ClF3N2O4S/c1-28(25,26)23-9-15(27-14-6-5-11(18)8-13(14)23)16(24)22-12-4-2-3-10(7-12)17(19,20)21/h2-8,15H,9H2,1H3,(H,22,24)/t15-/m1/s1. The molecule has 0 fully saturated rings. The number of amides is 1. The first kappa shape index (κ1) is 20.3. The Morgan fingerprint density at radius 2 is 1.96 bits per heavy atom. The van der Waals surface area contributed by atoms with Gasteiger partial charge in [0.05, 0.1) is 24.1 Å². The number of fused-ring (bicyclic) bond motifs is 1. The summed E-state index contributed by atoms with van der Waals surface area (Å²) >= 11 is 5.90. The fourth-order valence-electron chi connectivity index (χ4n) is 2.67. The van der Waals surface area contributed by atoms with Crippen molar-refractivity contribution in [3.05, 3.63) is 53.1 Å². The van der Waals surface area contributed by atoms with Crippen LogP contribution in [0.4, 0.5) is 24.5 Å². The van der Waals surface area contributed by atoms with E-state index in [4.69, 9.17) is 16.3 Å². The molecule has 11 heteroatoms. The second-order valence-corrected chi connectivity index (χ2v) is 8.42. The van der Waals surface area contributed by atoms with E-state index in [0.717, 1.165) is 28.8 Å². The second-order valence-electron chi connectivity index (χ2n) is 6.08. The monoisotopic (exact) mass is 434 g/mol. The molecule has 28 heavy (non-hydrogen) atoms. The second kappa shape index (κ2) is 7.17. The lowest BCUT2D eigenvalue weighted by Gasteiger charge is -2.34. The van der Waals surface area contributed by atoms with Crippen molar-refractivity contribution in [2.45, 2.75) is 12.3 Å². The maximum Gasteiger partial charge on any atom is 0.416 e. The van der Waals surface area contributed by atoms with Crippen LogP contribution in [0.3, 0.4) is 0 Å². The van der Waals surface area contributed by atoms with E-state index in [9.17, 15) is 26.4 Å². The normalized spacial score (nSPS) is 16.9. The minimum absolute atomic E-state index is 0.0868. The minimum Gasteiger partial charge on any atom is -0.476 e. The summed E-state index contributed by atoms with van der Waals surface area (Å²) in [6.07, 6.45) is -4.86. The molecule has 6 nitrogen and oxygen atoms in total. The fourth-order valence-corrected chi connectivity index (χ4v) is 3.74. The van der Waals surface area contributed by atoms with E-state index in [2.05, 4.69) is 5.32 Å². The Morgan fingerprint density at radius 3 is 2.61 bits per heavy atom. The van der Waals surface area contributed by atoms with Gasteiger partial charge in [-0.15, -0.1) is 0 Å². The van der Waals surface area contributed by atoms with Crippen LogP contribution in [0.2, 0.25) is 5.02 Å². The van der Waals surface area contributed by atoms with Gasteiger partial charge in [-0.05, 0) is 36.4 Å². The largest absolute Gasteiger partial charge is 0.476 e. The average molecular weight is 435 g/mol. The van der Waals surface area contributed by atoms with E-state index in [1.165, 1.54) is 24.3 Å². The van der Waals surface area contributed by atoms with Gasteiger partial charge in [0.2, 0.25) is 10.0 Å². The highest BCUT2D eigenvalue weighted by atomic mass is 35.5. The quantitative estimate of drug-likeness (QED) is 0.802. The molecule has 1 aliphatic rings. The Morgan fingerprint density at radius 1 is 1.25 bits per heavy atom. The maximum atomic E-state index is 12.8. The summed E-state index contributed by atoms with van der Waals surface area (Å²) in [5.41, 5.74) is -0.832. The number of carbonyl (C=O) groups excluding carboxylic acids is 1. The van der Waals surface area contributed by atoms with Crippen molar-refractivity contribution in [3.8, 4) is 5.75 Å². The lowest BCUT2D eigenvalue weighted by molar-refractivity contribution is -0.137. The van der Waals surface area contributed by atoms with Crippen LogP contribution < -0.4 is 14.4 Å². The van der Waals surface area contributed by atoms with E-state index in [1.54, 1.807) is 0 Å². The lowest BCUT2D eigenvalue weighted by Crippen LogP contribution is -2.48. The molecule has 1 amide bonds. The SMILES string of the molecule is CS(=O)(=O)N1C[C@H](C(=O)Nc2cccc(C(F)(F)F)c2)Oc2ccc(Cl)cc21. The smallest absolute Gasteiger partial charge is 0.416 e. The average Bonchev–Trinajstić information content (AvgIpc) is 2.59. The summed E-state index contributed by atoms with van der Waals surface area (Å²) in [4.78, 5) is 12.5. The third-order valence-electron chi connectivity index (χ3n) is 3.94. The van der Waals surface area contributed by atoms with Gasteiger partial charge in [-0.1, -0.05) is 17.7 Å². The minimum atomic E-state index is -4.56. The highest BCUT2D eigenvalue weighted by Crippen LogP contribution is 2.37. The number of anilines is 2. The van der Waals surface area contributed by atoms with Crippen molar-refractivity contribution >= 4 is 38.9 Å². The molecule has 2 aromatic carbocycles. The van der Waals surface area contributed by atoms with Crippen LogP contribution >= 0.6 is 11.6 Å². The highest BCUT2D eigenvalue weighted by molar-refractivity contribution is 7.92. The number of carbonyl (C=O) groups is 1. The number of rotatable bonds is 3. The van der Waals surface area contributed by atoms with Crippen molar-refractivity contribution in [1.82, 2.24) is 0 Å². The van der Waals surface area contributed by atoms with Crippen molar-refractivity contribution in [3.63, 3.8) is 0 Å². The molecule has 0 saturated carbocycles. The van der Waals surface area contributed by atoms with Crippen LogP contribution in [0, 0.1) is 0 Å². The first-order chi connectivity index (χ1) is 12.9. The molecule has 0 bridgehead atoms. The maximum absolute atomic E-state index is 12.8. The predicted molar refractivity (Wildman–Crippen MR) is 98.1 cm³/mol. The first-order valence-electron chi connectivity index (χ1n) is 7.87. The number of halogens is 4. The molecular formula is C17H14ClF3N2O4S. The number of hydrogen-bond donors (Lipinski definition) is 1. The zero-order valence-corrected chi connectivity index (χ0v) is 15.9. The summed E-state index contributed by atoms with van der Waals surface area (Å²) < 4.78 is 69.2. The molecular weight excluding hydrogens is 421 g/mol. The Kier molecular flexibility index (Phi) is 5.20. The Balaban J connectivity index is 1.86. The summed E-state index contributed by atoms with van der Waals surface area (Å²) in [6.45, 7) is -0.350. The van der Waals surface area contributed by atoms with Crippen LogP contribution in [0.25, 0.3) is 0 Å². The topological polar surface area (TPSA) is 75.7 Å². The first-order valence-corrected chi connectivity index (χ1v) is 10.1. The van der Waals surface area contributed by atoms with E-state index < -0.39 is 33.8 Å². The lowest BCUT2D eigenvalue weighted by atomic mass is 10.1. The Hall–Kier alpha value is -2.46. The van der Waals surface area contributed by atoms with Crippen LogP contribution in [0.1, 0.15) is 5.56 Å². The molecule has 3 rings (SSSR count). The zero-order chi connectivity index (χ0) is 20.7. The summed E-state index contributed by atoms with van der Waals surface area (Å²) in [5.74, 6) is -0.668. The molecule has 1 aliphatic heterocycles. The molecule has 2 aromatic rings. The van der Waals surface area contributed by atoms with Crippen LogP contribution in [0.15, 0.2) is 42.5 Å². The van der Waals surface area contributed by atoms with E-state index in [0.29, 0.717) is 0 Å². The van der Waals surface area contributed by atoms with Gasteiger partial charge in [0, 0.05) is 10.7 Å². The van der Waals surface area contributed by atoms with Crippen molar-refractivity contribution in [1.29, 1.82) is 0 Å². The predicted octanol–water partition coefficient (Wildman–Crippen LogP) is 3.52. The van der Waals surface area contributed by atoms with Gasteiger partial charge in [-0.3, -0.25) is 9.10 Å². The zero-order valence-electron chi connectivity index (χ0n) is 14.3. The number of ether oxygens (including phenoxy) is 1. The molecule has 0 radical (unpaired) electrons. The van der Waals surface area contributed by atoms with Gasteiger partial charge in [0.1, 0.15) is 5.75 Å². The molecule has 0 saturated heterocycles. The van der Waals surface area contributed by atoms with Crippen LogP contribution in [0.5, 0.6) is 5.75 Å². The molecule has 0 unspecified atom stereocenters. The van der Waals surface area contributed by atoms with E-state index in [1.807, 2.05) is 0 Å². The Bertz CT molecular complexity index is 1030. The van der Waals surface area contributed by atoms with E-state index in [-0.39, 0.29) is 28.7 Å². The third kappa shape index (κ3) is 4.33. The van der Waals surface area contributed by atoms with E-state index >= 15 is 0 Å². The van der Waals surface area contributed by atoms with Crippen molar-refractivity contribution in [2.75, 3.05) is 22.4 Å². The van der Waals surface area contributed by atoms with Gasteiger partial charge in [-0.2, -0.15) is 13.2 Å². The number of alkyl halides is 3. The van der Waals surface area contributed by atoms with Gasteiger partial charge < -0.3 is 10.1 Å². The molecule has 0 aliphatic carbocycles. The Labute approximate surface area is 163 Å². The van der Waals surface area contributed by atoms with Gasteiger partial charge in [0.25, 0.3) is 5.91 Å². The third-order valence-corrected chi connectivity index (χ3v) is 5.32. The van der Waals surface area contributed by atoms with Crippen LogP contribution in [-0.4, -0.2) is 33.2 Å². The van der Waals surface area contributed by atoms with Gasteiger partial charge in [-0.25, -0.2) is 8.42 Å². The van der Waals surface area contributed by atoms with Gasteiger partial charge >= 0.3 is 6.18 Å². The molecule has 1 heterocycles. The summed E-state index contributed by atoms with van der Waals surface area (Å²) in [7, 11) is -3.76. The summed E-state index contributed by atoms with van der Waals surface area (Å²) in [5, 5.41) is 2.61. The molecule has 1 atom stereocenters. The van der Waals surface area contributed by atoms with Crippen molar-refractivity contribution < 1.29 is 31.1 Å². The molecule has 1 N–H and O–H groups in total. The highest BCUT2D eigenvalue weighted by Gasteiger charge is 2.36. The number of hydrogen-bond acceptors (Lipinski definition) is 4. The number of nitrogens with one attached hydrogen (secondary N) is 1. The number of sulfonamides is 1. The fraction of sp³-hybridized carbons (Fsp3) is 0.235. The van der Waals surface area contributed by atoms with Crippen LogP contribution in [-0.2, 0) is 21.0 Å². The molecule has 150 valence electrons. The summed E-state index contributed by atoms with van der Waals surface area (Å²) in [6, 6.07) is 8.37. The van der Waals surface area contributed by atoms with Gasteiger partial charge in [0.15, 0.2) is 6.10 Å². The number of benzene rings is 2. The number of nitrogens with zero attached hydrogens (tertiary/aromatic N) is 1. The molecule has 0 aromatic heterocycles.